The maximum atomic E-state index is 12.9. The summed E-state index contributed by atoms with van der Waals surface area (Å²) in [4.78, 5) is 14.8. The van der Waals surface area contributed by atoms with Gasteiger partial charge in [-0.2, -0.15) is 13.2 Å². The monoisotopic (exact) mass is 468 g/mol. The van der Waals surface area contributed by atoms with Crippen molar-refractivity contribution >= 4 is 33.4 Å². The zero-order valence-electron chi connectivity index (χ0n) is 15.8. The third-order valence-corrected chi connectivity index (χ3v) is 5.53. The molecule has 0 unspecified atom stereocenters. The number of alkyl halides is 3. The van der Waals surface area contributed by atoms with Crippen LogP contribution in [0, 0.1) is 0 Å². The Morgan fingerprint density at radius 1 is 1.13 bits per heavy atom. The number of pyridine rings is 1. The third-order valence-electron chi connectivity index (χ3n) is 3.82. The predicted molar refractivity (Wildman–Crippen MR) is 100 cm³/mol. The second-order valence-electron chi connectivity index (χ2n) is 5.73. The van der Waals surface area contributed by atoms with Crippen molar-refractivity contribution in [2.24, 2.45) is 0 Å². The number of methoxy groups -OCH3 is 3. The van der Waals surface area contributed by atoms with Gasteiger partial charge in [0.1, 0.15) is 0 Å². The van der Waals surface area contributed by atoms with E-state index in [0.717, 1.165) is 13.2 Å². The number of halogens is 4. The molecule has 30 heavy (non-hydrogen) atoms. The molecular formula is C17H16ClF3N2O6S. The Morgan fingerprint density at radius 3 is 2.23 bits per heavy atom. The van der Waals surface area contributed by atoms with Crippen LogP contribution >= 0.6 is 11.6 Å². The van der Waals surface area contributed by atoms with Gasteiger partial charge in [0.2, 0.25) is 0 Å². The molecule has 1 aromatic heterocycles. The highest BCUT2D eigenvalue weighted by Crippen LogP contribution is 2.36. The highest BCUT2D eigenvalue weighted by molar-refractivity contribution is 7.92. The highest BCUT2D eigenvalue weighted by atomic mass is 35.5. The highest BCUT2D eigenvalue weighted by Gasteiger charge is 2.32. The van der Waals surface area contributed by atoms with E-state index in [-0.39, 0.29) is 17.1 Å². The lowest BCUT2D eigenvalue weighted by atomic mass is 10.1. The molecule has 1 heterocycles. The van der Waals surface area contributed by atoms with Crippen molar-refractivity contribution in [3.05, 3.63) is 40.5 Å². The van der Waals surface area contributed by atoms with Gasteiger partial charge in [-0.1, -0.05) is 11.6 Å². The van der Waals surface area contributed by atoms with E-state index >= 15 is 0 Å². The molecule has 0 amide bonds. The molecule has 0 aliphatic carbocycles. The van der Waals surface area contributed by atoms with Gasteiger partial charge in [-0.15, -0.1) is 0 Å². The first-order valence-corrected chi connectivity index (χ1v) is 9.86. The minimum Gasteiger partial charge on any atom is -0.493 e. The number of nitrogens with one attached hydrogen (secondary N) is 1. The fraction of sp³-hybridized carbons (Fsp3) is 0.294. The molecule has 0 aliphatic rings. The Balaban J connectivity index is 2.54. The van der Waals surface area contributed by atoms with Crippen LogP contribution in [-0.2, 0) is 32.2 Å². The van der Waals surface area contributed by atoms with Gasteiger partial charge < -0.3 is 14.2 Å². The summed E-state index contributed by atoms with van der Waals surface area (Å²) in [7, 11) is -0.730. The number of benzene rings is 1. The minimum atomic E-state index is -4.70. The molecule has 1 aromatic carbocycles. The number of esters is 1. The van der Waals surface area contributed by atoms with Crippen LogP contribution in [0.2, 0.25) is 5.02 Å². The number of anilines is 1. The Labute approximate surface area is 175 Å². The zero-order valence-corrected chi connectivity index (χ0v) is 17.4. The summed E-state index contributed by atoms with van der Waals surface area (Å²) in [5.74, 6) is -1.06. The summed E-state index contributed by atoms with van der Waals surface area (Å²) in [6, 6.07) is 2.90. The van der Waals surface area contributed by atoms with Gasteiger partial charge in [0.15, 0.2) is 17.3 Å². The van der Waals surface area contributed by atoms with Crippen LogP contribution in [0.1, 0.15) is 11.1 Å². The molecule has 164 valence electrons. The molecule has 0 fully saturated rings. The fourth-order valence-electron chi connectivity index (χ4n) is 2.37. The van der Waals surface area contributed by atoms with Gasteiger partial charge >= 0.3 is 12.1 Å². The normalized spacial score (nSPS) is 11.7. The molecule has 13 heteroatoms. The minimum absolute atomic E-state index is 0.00460. The lowest BCUT2D eigenvalue weighted by molar-refractivity contribution is -0.140. The summed E-state index contributed by atoms with van der Waals surface area (Å²) in [6.07, 6.45) is -4.69. The maximum absolute atomic E-state index is 12.9. The molecule has 0 aliphatic heterocycles. The van der Waals surface area contributed by atoms with Crippen LogP contribution in [0.4, 0.5) is 19.0 Å². The number of rotatable bonds is 7. The van der Waals surface area contributed by atoms with E-state index in [1.807, 2.05) is 4.72 Å². The van der Waals surface area contributed by atoms with E-state index in [2.05, 4.69) is 9.72 Å². The average Bonchev–Trinajstić information content (AvgIpc) is 2.67. The van der Waals surface area contributed by atoms with Crippen molar-refractivity contribution in [1.82, 2.24) is 4.98 Å². The van der Waals surface area contributed by atoms with E-state index in [9.17, 15) is 26.4 Å². The lowest BCUT2D eigenvalue weighted by Gasteiger charge is -2.16. The van der Waals surface area contributed by atoms with E-state index in [1.165, 1.54) is 20.3 Å². The number of hydrogen-bond acceptors (Lipinski definition) is 7. The van der Waals surface area contributed by atoms with E-state index in [1.54, 1.807) is 0 Å². The van der Waals surface area contributed by atoms with Crippen LogP contribution in [-0.4, -0.2) is 40.7 Å². The Kier molecular flexibility index (Phi) is 7.03. The first kappa shape index (κ1) is 23.5. The van der Waals surface area contributed by atoms with Gasteiger partial charge in [0.25, 0.3) is 10.0 Å². The van der Waals surface area contributed by atoms with Gasteiger partial charge in [-0.3, -0.25) is 9.52 Å². The number of carbonyl (C=O) groups is 1. The predicted octanol–water partition coefficient (Wildman–Crippen LogP) is 3.29. The molecule has 0 radical (unpaired) electrons. The quantitative estimate of drug-likeness (QED) is 0.622. The van der Waals surface area contributed by atoms with Crippen LogP contribution in [0.15, 0.2) is 29.3 Å². The number of carbonyl (C=O) groups excluding carboxylic acids is 1. The SMILES string of the molecule is COC(=O)Cc1cc(OC)c(OC)cc1S(=O)(=O)Nc1ncc(C(F)(F)F)cc1Cl. The van der Waals surface area contributed by atoms with Crippen molar-refractivity contribution in [3.63, 3.8) is 0 Å². The number of sulfonamides is 1. The standard InChI is InChI=1S/C17H16ClF3N2O6S/c1-27-12-4-9(5-15(24)29-3)14(7-13(12)28-2)30(25,26)23-16-11(18)6-10(8-22-16)17(19,20)21/h4,6-8H,5H2,1-3H3,(H,22,23). The van der Waals surface area contributed by atoms with Crippen molar-refractivity contribution < 1.29 is 40.6 Å². The molecule has 1 N–H and O–H groups in total. The fourth-order valence-corrected chi connectivity index (χ4v) is 3.90. The molecule has 8 nitrogen and oxygen atoms in total. The molecule has 0 saturated heterocycles. The van der Waals surface area contributed by atoms with Crippen LogP contribution in [0.25, 0.3) is 0 Å². The molecule has 0 saturated carbocycles. The number of hydrogen-bond donors (Lipinski definition) is 1. The second kappa shape index (κ2) is 8.96. The Bertz CT molecular complexity index is 1060. The summed E-state index contributed by atoms with van der Waals surface area (Å²) < 4.78 is 80.9. The van der Waals surface area contributed by atoms with E-state index in [4.69, 9.17) is 21.1 Å². The summed E-state index contributed by atoms with van der Waals surface area (Å²) in [5, 5.41) is -0.566. The molecule has 0 bridgehead atoms. The largest absolute Gasteiger partial charge is 0.493 e. The van der Waals surface area contributed by atoms with Crippen molar-refractivity contribution in [2.75, 3.05) is 26.1 Å². The van der Waals surface area contributed by atoms with Crippen molar-refractivity contribution in [1.29, 1.82) is 0 Å². The maximum Gasteiger partial charge on any atom is 0.417 e. The van der Waals surface area contributed by atoms with E-state index < -0.39 is 49.9 Å². The Morgan fingerprint density at radius 2 is 1.73 bits per heavy atom. The number of ether oxygens (including phenoxy) is 3. The second-order valence-corrected chi connectivity index (χ2v) is 7.78. The molecule has 2 aromatic rings. The molecular weight excluding hydrogens is 453 g/mol. The average molecular weight is 469 g/mol. The van der Waals surface area contributed by atoms with Gasteiger partial charge in [-0.25, -0.2) is 13.4 Å². The molecule has 0 atom stereocenters. The summed E-state index contributed by atoms with van der Waals surface area (Å²) in [5.41, 5.74) is -1.15. The van der Waals surface area contributed by atoms with Crippen LogP contribution in [0.3, 0.4) is 0 Å². The lowest BCUT2D eigenvalue weighted by Crippen LogP contribution is -2.18. The van der Waals surface area contributed by atoms with Crippen molar-refractivity contribution in [3.8, 4) is 11.5 Å². The Hall–Kier alpha value is -2.73. The summed E-state index contributed by atoms with van der Waals surface area (Å²) >= 11 is 5.77. The van der Waals surface area contributed by atoms with Gasteiger partial charge in [-0.05, 0) is 17.7 Å². The number of aromatic nitrogens is 1. The van der Waals surface area contributed by atoms with Crippen LogP contribution < -0.4 is 14.2 Å². The topological polar surface area (TPSA) is 104 Å². The van der Waals surface area contributed by atoms with Crippen LogP contribution in [0.5, 0.6) is 11.5 Å². The molecule has 2 rings (SSSR count). The van der Waals surface area contributed by atoms with Gasteiger partial charge in [0, 0.05) is 12.3 Å². The van der Waals surface area contributed by atoms with Crippen molar-refractivity contribution in [2.45, 2.75) is 17.5 Å². The first-order valence-electron chi connectivity index (χ1n) is 8.00. The molecule has 0 spiro atoms. The zero-order chi connectivity index (χ0) is 22.7. The first-order chi connectivity index (χ1) is 13.9. The van der Waals surface area contributed by atoms with E-state index in [0.29, 0.717) is 12.3 Å². The third kappa shape index (κ3) is 5.25. The smallest absolute Gasteiger partial charge is 0.417 e. The number of nitrogens with zero attached hydrogens (tertiary/aromatic N) is 1. The van der Waals surface area contributed by atoms with Gasteiger partial charge in [0.05, 0.1) is 43.2 Å². The summed E-state index contributed by atoms with van der Waals surface area (Å²) in [6.45, 7) is 0.